The predicted molar refractivity (Wildman–Crippen MR) is 170 cm³/mol. The largest absolute Gasteiger partial charge is 0.392 e. The molecule has 0 aliphatic heterocycles. The Morgan fingerprint density at radius 2 is 1.71 bits per heavy atom. The number of amides is 1. The molecular weight excluding hydrogens is 522 g/mol. The van der Waals surface area contributed by atoms with Gasteiger partial charge in [0, 0.05) is 24.6 Å². The number of hydrogen-bond donors (Lipinski definition) is 1. The fraction of sp³-hybridized carbons (Fsp3) is 0.568. The first-order valence-electron chi connectivity index (χ1n) is 16.1. The molecule has 2 aromatic carbocycles. The van der Waals surface area contributed by atoms with Gasteiger partial charge in [-0.1, -0.05) is 73.5 Å². The molecule has 0 saturated heterocycles. The average Bonchev–Trinajstić information content (AvgIpc) is 3.50. The van der Waals surface area contributed by atoms with E-state index in [2.05, 4.69) is 26.8 Å². The second-order valence-electron chi connectivity index (χ2n) is 13.1. The molecular formula is C37H51NO4. The number of Topliss-reactive ketones (excluding diaryl/α,β-unsaturated/α-hetero) is 1. The van der Waals surface area contributed by atoms with Crippen LogP contribution in [0.3, 0.4) is 0 Å². The van der Waals surface area contributed by atoms with Crippen LogP contribution in [-0.2, 0) is 20.9 Å². The lowest BCUT2D eigenvalue weighted by Gasteiger charge is -2.23. The molecule has 0 spiro atoms. The molecule has 2 aromatic rings. The summed E-state index contributed by atoms with van der Waals surface area (Å²) >= 11 is 0. The highest BCUT2D eigenvalue weighted by molar-refractivity contribution is 5.94. The maximum Gasteiger partial charge on any atom is 0.253 e. The maximum atomic E-state index is 13.2. The molecule has 4 rings (SSSR count). The highest BCUT2D eigenvalue weighted by atomic mass is 16.5. The molecule has 1 N–H and O–H groups in total. The van der Waals surface area contributed by atoms with Gasteiger partial charge >= 0.3 is 0 Å². The van der Waals surface area contributed by atoms with E-state index in [9.17, 15) is 14.7 Å². The van der Waals surface area contributed by atoms with Crippen LogP contribution >= 0.6 is 0 Å². The number of carbonyl (C=O) groups is 2. The van der Waals surface area contributed by atoms with E-state index in [1.165, 1.54) is 12.0 Å². The monoisotopic (exact) mass is 573 g/mol. The summed E-state index contributed by atoms with van der Waals surface area (Å²) in [6.07, 6.45) is 10.4. The number of allylic oxidation sites excluding steroid dienone is 2. The number of rotatable bonds is 16. The number of fused-ring (bicyclic) bond motifs is 1. The van der Waals surface area contributed by atoms with E-state index in [1.807, 2.05) is 60.7 Å². The Morgan fingerprint density at radius 1 is 1.00 bits per heavy atom. The molecule has 228 valence electrons. The van der Waals surface area contributed by atoms with Crippen molar-refractivity contribution >= 4 is 17.4 Å². The van der Waals surface area contributed by atoms with Crippen molar-refractivity contribution in [3.8, 4) is 0 Å². The van der Waals surface area contributed by atoms with Gasteiger partial charge in [-0.15, -0.1) is 0 Å². The first kappa shape index (κ1) is 32.2. The van der Waals surface area contributed by atoms with Crippen LogP contribution in [0.15, 0.2) is 72.3 Å². The molecule has 0 heterocycles. The Labute approximate surface area is 253 Å². The molecule has 2 aliphatic carbocycles. The number of nitrogens with zero attached hydrogens (tertiary/aromatic N) is 1. The number of benzene rings is 2. The van der Waals surface area contributed by atoms with Crippen LogP contribution in [0.5, 0.6) is 0 Å². The normalized spacial score (nSPS) is 23.8. The van der Waals surface area contributed by atoms with Crippen LogP contribution < -0.4 is 4.90 Å². The lowest BCUT2D eigenvalue weighted by Crippen LogP contribution is -2.33. The second-order valence-corrected chi connectivity index (χ2v) is 13.1. The highest BCUT2D eigenvalue weighted by Gasteiger charge is 2.50. The van der Waals surface area contributed by atoms with E-state index in [4.69, 9.17) is 4.74 Å². The fourth-order valence-corrected chi connectivity index (χ4v) is 7.20. The number of aliphatic hydroxyl groups excluding tert-OH is 1. The van der Waals surface area contributed by atoms with Gasteiger partial charge < -0.3 is 14.7 Å². The number of hydrogen-bond acceptors (Lipinski definition) is 4. The van der Waals surface area contributed by atoms with Crippen molar-refractivity contribution in [3.05, 3.63) is 77.9 Å². The van der Waals surface area contributed by atoms with E-state index in [-0.39, 0.29) is 24.2 Å². The third kappa shape index (κ3) is 9.37. The molecule has 0 aromatic heterocycles. The minimum atomic E-state index is -0.481. The fourth-order valence-electron chi connectivity index (χ4n) is 7.20. The SMILES string of the molecule is CC(C)=CCCC(C)CCCC(=O)[C@H]1[C@@H]2C[C@@H](CCOCC(=O)N(Cc3ccccc3)c3ccccc3)C[C@H]2C[C@@H]1O. The van der Waals surface area contributed by atoms with E-state index >= 15 is 0 Å². The van der Waals surface area contributed by atoms with Gasteiger partial charge in [-0.25, -0.2) is 0 Å². The van der Waals surface area contributed by atoms with Gasteiger partial charge in [0.25, 0.3) is 5.91 Å². The molecule has 1 amide bonds. The quantitative estimate of drug-likeness (QED) is 0.165. The van der Waals surface area contributed by atoms with Crippen LogP contribution in [0.25, 0.3) is 0 Å². The lowest BCUT2D eigenvalue weighted by molar-refractivity contribution is -0.127. The molecule has 1 unspecified atom stereocenters. The predicted octanol–water partition coefficient (Wildman–Crippen LogP) is 7.77. The van der Waals surface area contributed by atoms with Gasteiger partial charge in [0.2, 0.25) is 0 Å². The maximum absolute atomic E-state index is 13.2. The van der Waals surface area contributed by atoms with Crippen LogP contribution in [0.2, 0.25) is 0 Å². The number of para-hydroxylation sites is 1. The minimum absolute atomic E-state index is 0.0478. The standard InChI is InChI=1S/C37H51NO4/c1-27(2)12-10-13-28(3)14-11-19-34(39)37-33-23-30(22-31(33)24-35(37)40)20-21-42-26-36(41)38(32-17-8-5-9-18-32)25-29-15-6-4-7-16-29/h4-9,12,15-18,28,30-31,33,35,37,40H,10-11,13-14,19-26H2,1-3H3/t28?,30-,31-,33+,35-,37+/m0/s1. The summed E-state index contributed by atoms with van der Waals surface area (Å²) in [6, 6.07) is 19.8. The molecule has 2 fully saturated rings. The number of aliphatic hydroxyl groups is 1. The van der Waals surface area contributed by atoms with Crippen molar-refractivity contribution in [2.24, 2.45) is 29.6 Å². The van der Waals surface area contributed by atoms with Crippen molar-refractivity contribution in [2.75, 3.05) is 18.1 Å². The lowest BCUT2D eigenvalue weighted by atomic mass is 9.84. The first-order valence-corrected chi connectivity index (χ1v) is 16.1. The Balaban J connectivity index is 1.19. The van der Waals surface area contributed by atoms with Crippen molar-refractivity contribution in [1.29, 1.82) is 0 Å². The number of anilines is 1. The number of ketones is 1. The van der Waals surface area contributed by atoms with E-state index in [1.54, 1.807) is 4.90 Å². The average molecular weight is 574 g/mol. The van der Waals surface area contributed by atoms with Crippen LogP contribution in [0.1, 0.15) is 84.1 Å². The number of ether oxygens (including phenoxy) is 1. The Kier molecular flexibility index (Phi) is 12.4. The molecule has 2 aliphatic rings. The second kappa shape index (κ2) is 16.2. The highest BCUT2D eigenvalue weighted by Crippen LogP contribution is 2.51. The molecule has 5 heteroatoms. The minimum Gasteiger partial charge on any atom is -0.392 e. The summed E-state index contributed by atoms with van der Waals surface area (Å²) in [5.41, 5.74) is 3.31. The number of carbonyl (C=O) groups excluding carboxylic acids is 2. The third-order valence-electron chi connectivity index (χ3n) is 9.42. The van der Waals surface area contributed by atoms with Crippen molar-refractivity contribution < 1.29 is 19.4 Å². The molecule has 5 nitrogen and oxygen atoms in total. The molecule has 6 atom stereocenters. The van der Waals surface area contributed by atoms with Gasteiger partial charge in [0.1, 0.15) is 12.4 Å². The zero-order valence-corrected chi connectivity index (χ0v) is 25.9. The first-order chi connectivity index (χ1) is 20.3. The van der Waals surface area contributed by atoms with E-state index < -0.39 is 6.10 Å². The topological polar surface area (TPSA) is 66.8 Å². The summed E-state index contributed by atoms with van der Waals surface area (Å²) in [7, 11) is 0. The third-order valence-corrected chi connectivity index (χ3v) is 9.42. The van der Waals surface area contributed by atoms with Crippen molar-refractivity contribution in [3.63, 3.8) is 0 Å². The van der Waals surface area contributed by atoms with Crippen LogP contribution in [0.4, 0.5) is 5.69 Å². The Hall–Kier alpha value is -2.76. The summed E-state index contributed by atoms with van der Waals surface area (Å²) in [5.74, 6) is 1.87. The zero-order chi connectivity index (χ0) is 29.9. The van der Waals surface area contributed by atoms with Gasteiger partial charge in [-0.3, -0.25) is 9.59 Å². The van der Waals surface area contributed by atoms with Gasteiger partial charge in [0.15, 0.2) is 0 Å². The van der Waals surface area contributed by atoms with E-state index in [0.29, 0.717) is 43.2 Å². The molecule has 42 heavy (non-hydrogen) atoms. The van der Waals surface area contributed by atoms with Gasteiger partial charge in [0.05, 0.1) is 12.6 Å². The van der Waals surface area contributed by atoms with E-state index in [0.717, 1.165) is 56.2 Å². The summed E-state index contributed by atoms with van der Waals surface area (Å²) < 4.78 is 5.92. The van der Waals surface area contributed by atoms with Crippen LogP contribution in [-0.4, -0.2) is 36.1 Å². The smallest absolute Gasteiger partial charge is 0.253 e. The summed E-state index contributed by atoms with van der Waals surface area (Å²) in [5, 5.41) is 10.8. The zero-order valence-electron chi connectivity index (χ0n) is 25.9. The van der Waals surface area contributed by atoms with Gasteiger partial charge in [-0.05, 0) is 100 Å². The summed E-state index contributed by atoms with van der Waals surface area (Å²) in [4.78, 5) is 28.2. The van der Waals surface area contributed by atoms with Crippen molar-refractivity contribution in [1.82, 2.24) is 0 Å². The Bertz CT molecular complexity index is 1140. The van der Waals surface area contributed by atoms with Gasteiger partial charge in [-0.2, -0.15) is 0 Å². The Morgan fingerprint density at radius 3 is 2.43 bits per heavy atom. The molecule has 2 saturated carbocycles. The van der Waals surface area contributed by atoms with Crippen molar-refractivity contribution in [2.45, 2.75) is 91.2 Å². The van der Waals surface area contributed by atoms with Crippen LogP contribution in [0, 0.1) is 29.6 Å². The molecule has 0 bridgehead atoms. The molecule has 0 radical (unpaired) electrons. The summed E-state index contributed by atoms with van der Waals surface area (Å²) in [6.45, 7) is 7.65.